The highest BCUT2D eigenvalue weighted by molar-refractivity contribution is 6.37. The van der Waals surface area contributed by atoms with E-state index in [1.165, 1.54) is 11.8 Å². The number of fused-ring (bicyclic) bond motifs is 1. The number of Topliss-reactive ketones (excluding diaryl/α,β-unsaturated/α-hetero) is 1. The van der Waals surface area contributed by atoms with Gasteiger partial charge in [-0.1, -0.05) is 6.92 Å². The number of hydrogen-bond donors (Lipinski definition) is 2. The molecular weight excluding hydrogens is 262 g/mol. The fourth-order valence-electron chi connectivity index (χ4n) is 2.91. The highest BCUT2D eigenvalue weighted by atomic mass is 16.2. The maximum absolute atomic E-state index is 12.3. The molecule has 3 amide bonds. The van der Waals surface area contributed by atoms with Gasteiger partial charge in [0.25, 0.3) is 5.91 Å². The third kappa shape index (κ3) is 2.52. The Hall–Kier alpha value is -1.92. The number of hydrogen-bond acceptors (Lipinski definition) is 4. The molecule has 7 heteroatoms. The first-order valence-electron chi connectivity index (χ1n) is 6.78. The Kier molecular flexibility index (Phi) is 3.78. The normalized spacial score (nSPS) is 28.5. The lowest BCUT2D eigenvalue weighted by Crippen LogP contribution is -2.53. The fourth-order valence-corrected chi connectivity index (χ4v) is 2.91. The average Bonchev–Trinajstić information content (AvgIpc) is 3.05. The third-order valence-corrected chi connectivity index (χ3v) is 4.11. The predicted octanol–water partition coefficient (Wildman–Crippen LogP) is -1.20. The van der Waals surface area contributed by atoms with E-state index in [9.17, 15) is 19.2 Å². The lowest BCUT2D eigenvalue weighted by atomic mass is 10.1. The molecule has 1 saturated carbocycles. The van der Waals surface area contributed by atoms with Gasteiger partial charge in [0.15, 0.2) is 0 Å². The van der Waals surface area contributed by atoms with E-state index in [1.807, 2.05) is 0 Å². The van der Waals surface area contributed by atoms with Crippen molar-refractivity contribution in [2.45, 2.75) is 38.8 Å². The summed E-state index contributed by atoms with van der Waals surface area (Å²) in [4.78, 5) is 47.8. The van der Waals surface area contributed by atoms with Gasteiger partial charge in [0.1, 0.15) is 6.04 Å². The van der Waals surface area contributed by atoms with Crippen LogP contribution in [-0.4, -0.2) is 47.0 Å². The number of ketones is 1. The van der Waals surface area contributed by atoms with Gasteiger partial charge in [-0.3, -0.25) is 19.2 Å². The van der Waals surface area contributed by atoms with Crippen LogP contribution in [0.4, 0.5) is 0 Å². The minimum Gasteiger partial charge on any atom is -0.363 e. The Labute approximate surface area is 116 Å². The van der Waals surface area contributed by atoms with Gasteiger partial charge in [-0.15, -0.1) is 0 Å². The largest absolute Gasteiger partial charge is 0.363 e. The van der Waals surface area contributed by atoms with E-state index in [1.54, 1.807) is 6.92 Å². The summed E-state index contributed by atoms with van der Waals surface area (Å²) in [6, 6.07) is -1.43. The van der Waals surface area contributed by atoms with E-state index in [0.29, 0.717) is 12.5 Å². The molecule has 0 radical (unpaired) electrons. The summed E-state index contributed by atoms with van der Waals surface area (Å²) in [5.74, 6) is -1.81. The van der Waals surface area contributed by atoms with Gasteiger partial charge < -0.3 is 16.0 Å². The molecule has 1 unspecified atom stereocenters. The van der Waals surface area contributed by atoms with Gasteiger partial charge >= 0.3 is 0 Å². The zero-order valence-corrected chi connectivity index (χ0v) is 11.6. The lowest BCUT2D eigenvalue weighted by molar-refractivity contribution is -0.141. The highest BCUT2D eigenvalue weighted by Crippen LogP contribution is 2.49. The van der Waals surface area contributed by atoms with E-state index < -0.39 is 23.8 Å². The van der Waals surface area contributed by atoms with Crippen molar-refractivity contribution in [3.8, 4) is 0 Å². The van der Waals surface area contributed by atoms with E-state index in [4.69, 9.17) is 5.73 Å². The molecule has 2 rings (SSSR count). The smallest absolute Gasteiger partial charge is 0.287 e. The third-order valence-electron chi connectivity index (χ3n) is 4.11. The van der Waals surface area contributed by atoms with Crippen molar-refractivity contribution in [2.24, 2.45) is 17.6 Å². The first-order valence-corrected chi connectivity index (χ1v) is 6.78. The van der Waals surface area contributed by atoms with Crippen LogP contribution in [0, 0.1) is 11.8 Å². The number of carbonyl (C=O) groups is 4. The average molecular weight is 281 g/mol. The van der Waals surface area contributed by atoms with Crippen LogP contribution < -0.4 is 11.1 Å². The second-order valence-corrected chi connectivity index (χ2v) is 5.47. The van der Waals surface area contributed by atoms with Crippen molar-refractivity contribution < 1.29 is 19.2 Å². The molecule has 2 aliphatic rings. The Balaban J connectivity index is 2.05. The maximum atomic E-state index is 12.3. The molecule has 3 N–H and O–H groups in total. The van der Waals surface area contributed by atoms with Gasteiger partial charge in [-0.05, 0) is 24.7 Å². The number of nitrogens with one attached hydrogen (secondary N) is 1. The molecule has 0 aromatic carbocycles. The molecule has 0 aromatic rings. The molecule has 1 saturated heterocycles. The maximum Gasteiger partial charge on any atom is 0.287 e. The van der Waals surface area contributed by atoms with E-state index >= 15 is 0 Å². The molecule has 110 valence electrons. The summed E-state index contributed by atoms with van der Waals surface area (Å²) in [5.41, 5.74) is 4.95. The van der Waals surface area contributed by atoms with Crippen molar-refractivity contribution in [3.63, 3.8) is 0 Å². The monoisotopic (exact) mass is 281 g/mol. The second-order valence-electron chi connectivity index (χ2n) is 5.47. The van der Waals surface area contributed by atoms with Crippen LogP contribution in [0.3, 0.4) is 0 Å². The zero-order chi connectivity index (χ0) is 15.0. The second kappa shape index (κ2) is 5.22. The summed E-state index contributed by atoms with van der Waals surface area (Å²) >= 11 is 0. The molecule has 1 heterocycles. The number of carbonyl (C=O) groups excluding carboxylic acids is 4. The van der Waals surface area contributed by atoms with E-state index in [0.717, 1.165) is 6.42 Å². The van der Waals surface area contributed by atoms with Crippen LogP contribution in [0.1, 0.15) is 26.7 Å². The Bertz CT molecular complexity index is 476. The zero-order valence-electron chi connectivity index (χ0n) is 11.6. The molecule has 7 nitrogen and oxygen atoms in total. The molecule has 20 heavy (non-hydrogen) atoms. The van der Waals surface area contributed by atoms with Crippen LogP contribution in [0.25, 0.3) is 0 Å². The molecule has 0 bridgehead atoms. The standard InChI is InChI=1S/C13H19N3O4/c1-3-9(11(18)12(14)19)15-13(20)10-8-4-7(8)5-16(10)6(2)17/h7-10H,3-5H2,1-2H3,(H2,14,19)(H,15,20)/t7-,8-,9?,10-/m0/s1. The molecule has 0 aromatic heterocycles. The van der Waals surface area contributed by atoms with Gasteiger partial charge in [0, 0.05) is 13.5 Å². The number of nitrogens with two attached hydrogens (primary N) is 1. The number of rotatable bonds is 5. The Morgan fingerprint density at radius 2 is 2.00 bits per heavy atom. The van der Waals surface area contributed by atoms with Crippen LogP contribution in [-0.2, 0) is 19.2 Å². The highest BCUT2D eigenvalue weighted by Gasteiger charge is 2.56. The first-order chi connectivity index (χ1) is 9.36. The summed E-state index contributed by atoms with van der Waals surface area (Å²) in [5, 5.41) is 2.55. The quantitative estimate of drug-likeness (QED) is 0.617. The molecule has 1 aliphatic carbocycles. The van der Waals surface area contributed by atoms with Crippen molar-refractivity contribution >= 4 is 23.5 Å². The molecule has 4 atom stereocenters. The summed E-state index contributed by atoms with van der Waals surface area (Å²) in [7, 11) is 0. The fraction of sp³-hybridized carbons (Fsp3) is 0.692. The molecule has 2 fully saturated rings. The summed E-state index contributed by atoms with van der Waals surface area (Å²) in [6.07, 6.45) is 1.22. The van der Waals surface area contributed by atoms with Crippen LogP contribution in [0.15, 0.2) is 0 Å². The minimum absolute atomic E-state index is 0.147. The van der Waals surface area contributed by atoms with E-state index in [-0.39, 0.29) is 24.2 Å². The topological polar surface area (TPSA) is 110 Å². The van der Waals surface area contributed by atoms with Gasteiger partial charge in [-0.25, -0.2) is 0 Å². The van der Waals surface area contributed by atoms with Crippen LogP contribution in [0.2, 0.25) is 0 Å². The van der Waals surface area contributed by atoms with Gasteiger partial charge in [0.05, 0.1) is 6.04 Å². The number of amides is 3. The minimum atomic E-state index is -1.06. The Morgan fingerprint density at radius 3 is 2.50 bits per heavy atom. The van der Waals surface area contributed by atoms with Gasteiger partial charge in [0.2, 0.25) is 17.6 Å². The van der Waals surface area contributed by atoms with Crippen LogP contribution >= 0.6 is 0 Å². The van der Waals surface area contributed by atoms with Crippen molar-refractivity contribution in [1.29, 1.82) is 0 Å². The van der Waals surface area contributed by atoms with E-state index in [2.05, 4.69) is 5.32 Å². The molecular formula is C13H19N3O4. The number of nitrogens with zero attached hydrogens (tertiary/aromatic N) is 1. The Morgan fingerprint density at radius 1 is 1.35 bits per heavy atom. The SMILES string of the molecule is CCC(NC(=O)[C@@H]1[C@H]2C[C@H]2CN1C(C)=O)C(=O)C(N)=O. The summed E-state index contributed by atoms with van der Waals surface area (Å²) < 4.78 is 0. The lowest BCUT2D eigenvalue weighted by Gasteiger charge is -2.27. The van der Waals surface area contributed by atoms with Crippen LogP contribution in [0.5, 0.6) is 0 Å². The van der Waals surface area contributed by atoms with Crippen molar-refractivity contribution in [1.82, 2.24) is 10.2 Å². The number of piperidine rings is 1. The molecule has 1 aliphatic heterocycles. The first kappa shape index (κ1) is 14.5. The van der Waals surface area contributed by atoms with Crippen molar-refractivity contribution in [3.05, 3.63) is 0 Å². The molecule has 0 spiro atoms. The predicted molar refractivity (Wildman–Crippen MR) is 69.2 cm³/mol. The van der Waals surface area contributed by atoms with Crippen molar-refractivity contribution in [2.75, 3.05) is 6.54 Å². The summed E-state index contributed by atoms with van der Waals surface area (Å²) in [6.45, 7) is 3.71. The number of primary amides is 1. The number of likely N-dealkylation sites (tertiary alicyclic amines) is 1. The van der Waals surface area contributed by atoms with Gasteiger partial charge in [-0.2, -0.15) is 0 Å².